The summed E-state index contributed by atoms with van der Waals surface area (Å²) in [5, 5.41) is 0. The van der Waals surface area contributed by atoms with Gasteiger partial charge in [0, 0.05) is 12.6 Å². The molecule has 0 unspecified atom stereocenters. The molecule has 0 atom stereocenters. The lowest BCUT2D eigenvalue weighted by Crippen LogP contribution is -2.29. The molecule has 0 heterocycles. The van der Waals surface area contributed by atoms with Crippen LogP contribution < -0.4 is 5.73 Å². The lowest BCUT2D eigenvalue weighted by molar-refractivity contribution is 0.222. The monoisotopic (exact) mass is 234 g/mol. The van der Waals surface area contributed by atoms with E-state index in [9.17, 15) is 0 Å². The van der Waals surface area contributed by atoms with E-state index in [0.717, 1.165) is 19.5 Å². The standard InChI is InChI=1S/C15H26N2/c1-4-15(5-2)17(3)12-14-8-6-13(7-9-14)10-11-16/h6-9,15H,4-5,10-12,16H2,1-3H3. The summed E-state index contributed by atoms with van der Waals surface area (Å²) in [7, 11) is 2.21. The first-order valence-electron chi connectivity index (χ1n) is 6.69. The van der Waals surface area contributed by atoms with Crippen LogP contribution in [0.25, 0.3) is 0 Å². The van der Waals surface area contributed by atoms with E-state index < -0.39 is 0 Å². The van der Waals surface area contributed by atoms with Gasteiger partial charge in [-0.1, -0.05) is 38.1 Å². The van der Waals surface area contributed by atoms with Crippen LogP contribution in [0.3, 0.4) is 0 Å². The van der Waals surface area contributed by atoms with Gasteiger partial charge in [0.05, 0.1) is 0 Å². The topological polar surface area (TPSA) is 29.3 Å². The summed E-state index contributed by atoms with van der Waals surface area (Å²) < 4.78 is 0. The normalized spacial score (nSPS) is 11.4. The fraction of sp³-hybridized carbons (Fsp3) is 0.600. The smallest absolute Gasteiger partial charge is 0.0233 e. The van der Waals surface area contributed by atoms with Crippen LogP contribution in [0.4, 0.5) is 0 Å². The van der Waals surface area contributed by atoms with Gasteiger partial charge in [-0.05, 0) is 44.0 Å². The highest BCUT2D eigenvalue weighted by Crippen LogP contribution is 2.12. The molecular formula is C15H26N2. The zero-order valence-corrected chi connectivity index (χ0v) is 11.4. The van der Waals surface area contributed by atoms with Crippen molar-refractivity contribution >= 4 is 0 Å². The Bertz CT molecular complexity index is 301. The van der Waals surface area contributed by atoms with E-state index in [1.807, 2.05) is 0 Å². The second kappa shape index (κ2) is 7.46. The van der Waals surface area contributed by atoms with Crippen LogP contribution >= 0.6 is 0 Å². The Morgan fingerprint density at radius 3 is 2.06 bits per heavy atom. The first-order valence-corrected chi connectivity index (χ1v) is 6.69. The van der Waals surface area contributed by atoms with Gasteiger partial charge >= 0.3 is 0 Å². The molecular weight excluding hydrogens is 208 g/mol. The van der Waals surface area contributed by atoms with Crippen molar-refractivity contribution < 1.29 is 0 Å². The summed E-state index contributed by atoms with van der Waals surface area (Å²) in [5.41, 5.74) is 8.27. The third-order valence-electron chi connectivity index (χ3n) is 3.45. The third kappa shape index (κ3) is 4.49. The Labute approximate surface area is 106 Å². The molecule has 96 valence electrons. The van der Waals surface area contributed by atoms with E-state index in [2.05, 4.69) is 50.1 Å². The number of hydrogen-bond donors (Lipinski definition) is 1. The molecule has 0 bridgehead atoms. The van der Waals surface area contributed by atoms with E-state index in [1.54, 1.807) is 0 Å². The molecule has 1 aromatic rings. The van der Waals surface area contributed by atoms with Gasteiger partial charge < -0.3 is 5.73 Å². The predicted molar refractivity (Wildman–Crippen MR) is 75.0 cm³/mol. The molecule has 0 radical (unpaired) electrons. The second-order valence-corrected chi connectivity index (χ2v) is 4.74. The average Bonchev–Trinajstić information content (AvgIpc) is 2.33. The van der Waals surface area contributed by atoms with Gasteiger partial charge in [-0.15, -0.1) is 0 Å². The summed E-state index contributed by atoms with van der Waals surface area (Å²) in [6.07, 6.45) is 3.42. The minimum atomic E-state index is 0.693. The van der Waals surface area contributed by atoms with Crippen molar-refractivity contribution in [3.63, 3.8) is 0 Å². The lowest BCUT2D eigenvalue weighted by atomic mass is 10.1. The fourth-order valence-electron chi connectivity index (χ4n) is 2.31. The van der Waals surface area contributed by atoms with E-state index in [-0.39, 0.29) is 0 Å². The van der Waals surface area contributed by atoms with E-state index in [0.29, 0.717) is 6.04 Å². The van der Waals surface area contributed by atoms with Gasteiger partial charge in [0.2, 0.25) is 0 Å². The molecule has 0 saturated heterocycles. The van der Waals surface area contributed by atoms with Gasteiger partial charge in [-0.3, -0.25) is 4.90 Å². The van der Waals surface area contributed by atoms with Crippen molar-refractivity contribution in [3.05, 3.63) is 35.4 Å². The van der Waals surface area contributed by atoms with Crippen LogP contribution in [-0.2, 0) is 13.0 Å². The number of nitrogens with zero attached hydrogens (tertiary/aromatic N) is 1. The van der Waals surface area contributed by atoms with Crippen molar-refractivity contribution in [2.24, 2.45) is 5.73 Å². The molecule has 17 heavy (non-hydrogen) atoms. The molecule has 2 N–H and O–H groups in total. The Hall–Kier alpha value is -0.860. The molecule has 0 spiro atoms. The molecule has 0 amide bonds. The zero-order chi connectivity index (χ0) is 12.7. The van der Waals surface area contributed by atoms with Crippen LogP contribution in [0.15, 0.2) is 24.3 Å². The number of rotatable bonds is 7. The molecule has 1 aromatic carbocycles. The summed E-state index contributed by atoms with van der Waals surface area (Å²) in [4.78, 5) is 2.44. The lowest BCUT2D eigenvalue weighted by Gasteiger charge is -2.26. The highest BCUT2D eigenvalue weighted by Gasteiger charge is 2.10. The summed E-state index contributed by atoms with van der Waals surface area (Å²) >= 11 is 0. The van der Waals surface area contributed by atoms with Gasteiger partial charge in [-0.25, -0.2) is 0 Å². The summed E-state index contributed by atoms with van der Waals surface area (Å²) in [5.74, 6) is 0. The van der Waals surface area contributed by atoms with Crippen LogP contribution in [0.1, 0.15) is 37.8 Å². The molecule has 1 rings (SSSR count). The van der Waals surface area contributed by atoms with E-state index >= 15 is 0 Å². The van der Waals surface area contributed by atoms with Crippen LogP contribution in [0.2, 0.25) is 0 Å². The SMILES string of the molecule is CCC(CC)N(C)Cc1ccc(CCN)cc1. The predicted octanol–water partition coefficient (Wildman–Crippen LogP) is 2.81. The maximum absolute atomic E-state index is 5.55. The Balaban J connectivity index is 2.56. The van der Waals surface area contributed by atoms with Crippen LogP contribution in [0.5, 0.6) is 0 Å². The zero-order valence-electron chi connectivity index (χ0n) is 11.4. The van der Waals surface area contributed by atoms with Crippen molar-refractivity contribution in [2.45, 2.75) is 45.7 Å². The molecule has 0 aliphatic carbocycles. The minimum absolute atomic E-state index is 0.693. The van der Waals surface area contributed by atoms with Crippen molar-refractivity contribution in [3.8, 4) is 0 Å². The third-order valence-corrected chi connectivity index (χ3v) is 3.45. The van der Waals surface area contributed by atoms with E-state index in [1.165, 1.54) is 24.0 Å². The first kappa shape index (κ1) is 14.2. The van der Waals surface area contributed by atoms with Crippen LogP contribution in [-0.4, -0.2) is 24.5 Å². The quantitative estimate of drug-likeness (QED) is 0.786. The summed E-state index contributed by atoms with van der Waals surface area (Å²) in [6.45, 7) is 6.28. The van der Waals surface area contributed by atoms with E-state index in [4.69, 9.17) is 5.73 Å². The number of hydrogen-bond acceptors (Lipinski definition) is 2. The van der Waals surface area contributed by atoms with Gasteiger partial charge in [0.25, 0.3) is 0 Å². The van der Waals surface area contributed by atoms with Crippen molar-refractivity contribution in [1.82, 2.24) is 4.90 Å². The maximum atomic E-state index is 5.55. The van der Waals surface area contributed by atoms with Gasteiger partial charge in [0.1, 0.15) is 0 Å². The molecule has 2 heteroatoms. The van der Waals surface area contributed by atoms with Crippen LogP contribution in [0, 0.1) is 0 Å². The van der Waals surface area contributed by atoms with Crippen molar-refractivity contribution in [2.75, 3.05) is 13.6 Å². The largest absolute Gasteiger partial charge is 0.330 e. The Kier molecular flexibility index (Phi) is 6.23. The Morgan fingerprint density at radius 1 is 1.06 bits per heavy atom. The minimum Gasteiger partial charge on any atom is -0.330 e. The highest BCUT2D eigenvalue weighted by atomic mass is 15.1. The number of benzene rings is 1. The molecule has 0 aliphatic heterocycles. The molecule has 0 fully saturated rings. The fourth-order valence-corrected chi connectivity index (χ4v) is 2.31. The molecule has 2 nitrogen and oxygen atoms in total. The molecule has 0 saturated carbocycles. The second-order valence-electron chi connectivity index (χ2n) is 4.74. The average molecular weight is 234 g/mol. The van der Waals surface area contributed by atoms with Gasteiger partial charge in [-0.2, -0.15) is 0 Å². The number of nitrogens with two attached hydrogens (primary N) is 1. The maximum Gasteiger partial charge on any atom is 0.0233 e. The Morgan fingerprint density at radius 2 is 1.59 bits per heavy atom. The highest BCUT2D eigenvalue weighted by molar-refractivity contribution is 5.22. The summed E-state index contributed by atoms with van der Waals surface area (Å²) in [6, 6.07) is 9.54. The molecule has 0 aliphatic rings. The van der Waals surface area contributed by atoms with Crippen molar-refractivity contribution in [1.29, 1.82) is 0 Å². The first-order chi connectivity index (χ1) is 8.21. The molecule has 0 aromatic heterocycles. The van der Waals surface area contributed by atoms with Gasteiger partial charge in [0.15, 0.2) is 0 Å².